The molecule has 0 unspecified atom stereocenters. The van der Waals surface area contributed by atoms with Crippen molar-refractivity contribution in [3.63, 3.8) is 0 Å². The van der Waals surface area contributed by atoms with Crippen LogP contribution in [0.5, 0.6) is 0 Å². The lowest BCUT2D eigenvalue weighted by Gasteiger charge is -2.24. The summed E-state index contributed by atoms with van der Waals surface area (Å²) in [7, 11) is 0. The molecule has 1 aliphatic rings. The molecular weight excluding hydrogens is 268 g/mol. The van der Waals surface area contributed by atoms with Crippen molar-refractivity contribution in [1.82, 2.24) is 5.32 Å². The molecule has 0 spiro atoms. The van der Waals surface area contributed by atoms with Gasteiger partial charge in [0.25, 0.3) is 0 Å². The molecule has 0 radical (unpaired) electrons. The van der Waals surface area contributed by atoms with Crippen molar-refractivity contribution < 1.29 is 0 Å². The Morgan fingerprint density at radius 3 is 2.18 bits per heavy atom. The van der Waals surface area contributed by atoms with Crippen LogP contribution >= 0.6 is 0 Å². The molecule has 0 aromatic heterocycles. The molecule has 1 N–H and O–H groups in total. The Bertz CT molecular complexity index is 462. The predicted octanol–water partition coefficient (Wildman–Crippen LogP) is 4.49. The predicted molar refractivity (Wildman–Crippen MR) is 97.7 cm³/mol. The molecule has 1 aromatic rings. The highest BCUT2D eigenvalue weighted by Crippen LogP contribution is 2.25. The highest BCUT2D eigenvalue weighted by Gasteiger charge is 2.23. The Hall–Kier alpha value is -1.02. The lowest BCUT2D eigenvalue weighted by Crippen LogP contribution is -2.37. The van der Waals surface area contributed by atoms with Crippen LogP contribution in [0, 0.1) is 10.8 Å². The minimum Gasteiger partial charge on any atom is -0.370 e. The van der Waals surface area contributed by atoms with Crippen molar-refractivity contribution >= 4 is 5.69 Å². The normalized spacial score (nSPS) is 19.7. The summed E-state index contributed by atoms with van der Waals surface area (Å²) in [5.74, 6) is 0. The standard InChI is InChI=1S/C20H34N2/c1-19(2,3)13-16-7-9-18(10-8-16)22-12-11-17(14-22)21-15-20(4,5)6/h7-10,17,21H,11-15H2,1-6H3/t17-/m1/s1. The third kappa shape index (κ3) is 5.64. The second-order valence-corrected chi connectivity index (χ2v) is 9.28. The Morgan fingerprint density at radius 1 is 1.00 bits per heavy atom. The molecule has 1 atom stereocenters. The van der Waals surface area contributed by atoms with Gasteiger partial charge in [-0.25, -0.2) is 0 Å². The summed E-state index contributed by atoms with van der Waals surface area (Å²) in [6.45, 7) is 17.2. The van der Waals surface area contributed by atoms with Gasteiger partial charge in [0.05, 0.1) is 0 Å². The van der Waals surface area contributed by atoms with Gasteiger partial charge in [-0.1, -0.05) is 53.7 Å². The molecule has 124 valence electrons. The van der Waals surface area contributed by atoms with E-state index in [2.05, 4.69) is 76.0 Å². The van der Waals surface area contributed by atoms with E-state index >= 15 is 0 Å². The fraction of sp³-hybridized carbons (Fsp3) is 0.700. The second-order valence-electron chi connectivity index (χ2n) is 9.28. The molecule has 2 heteroatoms. The highest BCUT2D eigenvalue weighted by molar-refractivity contribution is 5.49. The molecule has 2 rings (SSSR count). The van der Waals surface area contributed by atoms with Gasteiger partial charge in [0.15, 0.2) is 0 Å². The first-order valence-electron chi connectivity index (χ1n) is 8.70. The number of nitrogens with zero attached hydrogens (tertiary/aromatic N) is 1. The summed E-state index contributed by atoms with van der Waals surface area (Å²) in [6, 6.07) is 9.83. The zero-order valence-electron chi connectivity index (χ0n) is 15.4. The van der Waals surface area contributed by atoms with Crippen LogP contribution in [0.25, 0.3) is 0 Å². The Kier molecular flexibility index (Phi) is 5.21. The van der Waals surface area contributed by atoms with E-state index in [4.69, 9.17) is 0 Å². The van der Waals surface area contributed by atoms with Gasteiger partial charge >= 0.3 is 0 Å². The van der Waals surface area contributed by atoms with Crippen molar-refractivity contribution in [2.24, 2.45) is 10.8 Å². The summed E-state index contributed by atoms with van der Waals surface area (Å²) in [6.07, 6.45) is 2.39. The minimum absolute atomic E-state index is 0.358. The van der Waals surface area contributed by atoms with Gasteiger partial charge in [0.1, 0.15) is 0 Å². The van der Waals surface area contributed by atoms with Crippen LogP contribution in [-0.4, -0.2) is 25.7 Å². The Morgan fingerprint density at radius 2 is 1.64 bits per heavy atom. The summed E-state index contributed by atoms with van der Waals surface area (Å²) in [5, 5.41) is 3.72. The SMILES string of the molecule is CC(C)(C)CN[C@@H]1CCN(c2ccc(CC(C)(C)C)cc2)C1. The average molecular weight is 303 g/mol. The first-order chi connectivity index (χ1) is 10.1. The Labute approximate surface area is 137 Å². The summed E-state index contributed by atoms with van der Waals surface area (Å²) >= 11 is 0. The molecular formula is C20H34N2. The molecule has 2 nitrogen and oxygen atoms in total. The van der Waals surface area contributed by atoms with E-state index in [0.29, 0.717) is 16.9 Å². The van der Waals surface area contributed by atoms with E-state index in [9.17, 15) is 0 Å². The zero-order chi connectivity index (χ0) is 16.4. The summed E-state index contributed by atoms with van der Waals surface area (Å²) in [5.41, 5.74) is 3.54. The maximum Gasteiger partial charge on any atom is 0.0366 e. The van der Waals surface area contributed by atoms with Crippen LogP contribution in [0.1, 0.15) is 53.5 Å². The van der Waals surface area contributed by atoms with Crippen LogP contribution in [0.4, 0.5) is 5.69 Å². The van der Waals surface area contributed by atoms with E-state index in [1.54, 1.807) is 0 Å². The average Bonchev–Trinajstić information content (AvgIpc) is 2.83. The van der Waals surface area contributed by atoms with Gasteiger partial charge in [-0.05, 0) is 41.4 Å². The molecule has 22 heavy (non-hydrogen) atoms. The topological polar surface area (TPSA) is 15.3 Å². The van der Waals surface area contributed by atoms with Crippen LogP contribution < -0.4 is 10.2 Å². The molecule has 1 saturated heterocycles. The first-order valence-corrected chi connectivity index (χ1v) is 8.70. The molecule has 1 fully saturated rings. The molecule has 0 aliphatic carbocycles. The summed E-state index contributed by atoms with van der Waals surface area (Å²) in [4.78, 5) is 2.52. The van der Waals surface area contributed by atoms with Crippen LogP contribution in [0.2, 0.25) is 0 Å². The van der Waals surface area contributed by atoms with Gasteiger partial charge < -0.3 is 10.2 Å². The van der Waals surface area contributed by atoms with Crippen molar-refractivity contribution in [3.8, 4) is 0 Å². The van der Waals surface area contributed by atoms with E-state index in [1.165, 1.54) is 24.2 Å². The van der Waals surface area contributed by atoms with E-state index < -0.39 is 0 Å². The van der Waals surface area contributed by atoms with E-state index in [-0.39, 0.29) is 0 Å². The van der Waals surface area contributed by atoms with E-state index in [1.807, 2.05) is 0 Å². The molecule has 0 saturated carbocycles. The maximum absolute atomic E-state index is 3.72. The summed E-state index contributed by atoms with van der Waals surface area (Å²) < 4.78 is 0. The molecule has 0 bridgehead atoms. The van der Waals surface area contributed by atoms with E-state index in [0.717, 1.165) is 19.5 Å². The monoisotopic (exact) mass is 302 g/mol. The number of hydrogen-bond acceptors (Lipinski definition) is 2. The van der Waals surface area contributed by atoms with Crippen LogP contribution in [0.3, 0.4) is 0 Å². The number of benzene rings is 1. The highest BCUT2D eigenvalue weighted by atomic mass is 15.2. The van der Waals surface area contributed by atoms with Gasteiger partial charge in [0.2, 0.25) is 0 Å². The lowest BCUT2D eigenvalue weighted by molar-refractivity contribution is 0.357. The zero-order valence-corrected chi connectivity index (χ0v) is 15.4. The molecule has 1 aromatic carbocycles. The maximum atomic E-state index is 3.72. The van der Waals surface area contributed by atoms with Gasteiger partial charge in [-0.3, -0.25) is 0 Å². The second kappa shape index (κ2) is 6.62. The Balaban J connectivity index is 1.88. The number of nitrogens with one attached hydrogen (secondary N) is 1. The quantitative estimate of drug-likeness (QED) is 0.881. The fourth-order valence-corrected chi connectivity index (χ4v) is 3.05. The third-order valence-corrected chi connectivity index (χ3v) is 4.15. The van der Waals surface area contributed by atoms with Crippen molar-refractivity contribution in [2.75, 3.05) is 24.5 Å². The molecule has 1 aliphatic heterocycles. The lowest BCUT2D eigenvalue weighted by atomic mass is 9.88. The largest absolute Gasteiger partial charge is 0.370 e. The third-order valence-electron chi connectivity index (χ3n) is 4.15. The van der Waals surface area contributed by atoms with Gasteiger partial charge in [-0.15, -0.1) is 0 Å². The number of rotatable bonds is 4. The van der Waals surface area contributed by atoms with Crippen molar-refractivity contribution in [2.45, 2.75) is 60.4 Å². The van der Waals surface area contributed by atoms with Gasteiger partial charge in [0, 0.05) is 31.4 Å². The molecule has 1 heterocycles. The van der Waals surface area contributed by atoms with Crippen molar-refractivity contribution in [3.05, 3.63) is 29.8 Å². The van der Waals surface area contributed by atoms with Crippen molar-refractivity contribution in [1.29, 1.82) is 0 Å². The molecule has 0 amide bonds. The number of hydrogen-bond donors (Lipinski definition) is 1. The van der Waals surface area contributed by atoms with Gasteiger partial charge in [-0.2, -0.15) is 0 Å². The van der Waals surface area contributed by atoms with Crippen LogP contribution in [0.15, 0.2) is 24.3 Å². The minimum atomic E-state index is 0.358. The number of anilines is 1. The van der Waals surface area contributed by atoms with Crippen LogP contribution in [-0.2, 0) is 6.42 Å². The first kappa shape index (κ1) is 17.3. The fourth-order valence-electron chi connectivity index (χ4n) is 3.05. The smallest absolute Gasteiger partial charge is 0.0366 e.